The molecule has 0 radical (unpaired) electrons. The van der Waals surface area contributed by atoms with Gasteiger partial charge in [-0.15, -0.1) is 0 Å². The van der Waals surface area contributed by atoms with E-state index in [1.807, 2.05) is 11.0 Å². The minimum Gasteiger partial charge on any atom is -0.383 e. The summed E-state index contributed by atoms with van der Waals surface area (Å²) in [7, 11) is 0. The van der Waals surface area contributed by atoms with Crippen LogP contribution in [0.5, 0.6) is 0 Å². The van der Waals surface area contributed by atoms with Crippen molar-refractivity contribution in [1.29, 1.82) is 10.5 Å². The van der Waals surface area contributed by atoms with Crippen molar-refractivity contribution in [2.45, 2.75) is 0 Å². The molecule has 2 rings (SSSR count). The van der Waals surface area contributed by atoms with Crippen molar-refractivity contribution >= 4 is 11.6 Å². The van der Waals surface area contributed by atoms with Gasteiger partial charge in [0.05, 0.1) is 11.1 Å². The highest BCUT2D eigenvalue weighted by molar-refractivity contribution is 5.63. The summed E-state index contributed by atoms with van der Waals surface area (Å²) in [5, 5.41) is 21.1. The number of nitrogen functional groups attached to an aromatic ring is 1. The Balaban J connectivity index is 2.43. The number of rotatable bonds is 1. The molecular weight excluding hydrogens is 216 g/mol. The van der Waals surface area contributed by atoms with Crippen molar-refractivity contribution in [3.63, 3.8) is 0 Å². The monoisotopic (exact) mass is 228 g/mol. The van der Waals surface area contributed by atoms with Crippen molar-refractivity contribution in [2.24, 2.45) is 0 Å². The fourth-order valence-electron chi connectivity index (χ4n) is 1.81. The summed E-state index contributed by atoms with van der Waals surface area (Å²) in [4.78, 5) is 6.18. The summed E-state index contributed by atoms with van der Waals surface area (Å²) in [6, 6.07) is 5.49. The van der Waals surface area contributed by atoms with Crippen LogP contribution in [-0.2, 0) is 0 Å². The van der Waals surface area contributed by atoms with E-state index in [2.05, 4.69) is 16.4 Å². The highest BCUT2D eigenvalue weighted by Crippen LogP contribution is 2.22. The first-order valence-electron chi connectivity index (χ1n) is 5.32. The molecule has 6 heteroatoms. The Morgan fingerprint density at radius 1 is 1.24 bits per heavy atom. The van der Waals surface area contributed by atoms with Crippen LogP contribution in [0, 0.1) is 22.7 Å². The van der Waals surface area contributed by atoms with Crippen LogP contribution in [0.15, 0.2) is 6.07 Å². The van der Waals surface area contributed by atoms with E-state index in [0.29, 0.717) is 11.4 Å². The van der Waals surface area contributed by atoms with Gasteiger partial charge in [0.1, 0.15) is 23.8 Å². The van der Waals surface area contributed by atoms with E-state index < -0.39 is 0 Å². The Bertz CT molecular complexity index is 504. The quantitative estimate of drug-likeness (QED) is 0.691. The number of hydrogen-bond donors (Lipinski definition) is 2. The lowest BCUT2D eigenvalue weighted by atomic mass is 10.1. The molecule has 0 amide bonds. The van der Waals surface area contributed by atoms with Gasteiger partial charge in [-0.3, -0.25) is 0 Å². The third-order valence-electron chi connectivity index (χ3n) is 2.69. The molecule has 0 atom stereocenters. The van der Waals surface area contributed by atoms with Gasteiger partial charge in [0.25, 0.3) is 0 Å². The molecule has 0 unspecified atom stereocenters. The molecule has 1 fully saturated rings. The molecule has 0 aliphatic carbocycles. The summed E-state index contributed by atoms with van der Waals surface area (Å²) >= 11 is 0. The molecule has 3 N–H and O–H groups in total. The molecule has 1 saturated heterocycles. The first-order valence-corrected chi connectivity index (χ1v) is 5.32. The summed E-state index contributed by atoms with van der Waals surface area (Å²) in [5.74, 6) is 0.755. The molecule has 86 valence electrons. The van der Waals surface area contributed by atoms with Crippen LogP contribution < -0.4 is 16.0 Å². The summed E-state index contributed by atoms with van der Waals surface area (Å²) in [6.07, 6.45) is 0. The van der Waals surface area contributed by atoms with Crippen LogP contribution in [0.3, 0.4) is 0 Å². The number of nitrogens with two attached hydrogens (primary N) is 1. The van der Waals surface area contributed by atoms with Crippen LogP contribution in [-0.4, -0.2) is 31.2 Å². The number of anilines is 2. The van der Waals surface area contributed by atoms with Gasteiger partial charge in [0.15, 0.2) is 0 Å². The number of nitrogens with zero attached hydrogens (tertiary/aromatic N) is 4. The molecule has 1 aliphatic rings. The normalized spacial score (nSPS) is 15.1. The molecule has 1 aliphatic heterocycles. The summed E-state index contributed by atoms with van der Waals surface area (Å²) in [5.41, 5.74) is 6.33. The van der Waals surface area contributed by atoms with Gasteiger partial charge in [0, 0.05) is 26.2 Å². The average Bonchev–Trinajstić information content (AvgIpc) is 2.39. The minimum absolute atomic E-state index is 0.181. The zero-order valence-corrected chi connectivity index (χ0v) is 9.27. The Morgan fingerprint density at radius 3 is 2.47 bits per heavy atom. The SMILES string of the molecule is N#Cc1cc(C#N)c(N2CCNCC2)nc1N. The maximum absolute atomic E-state index is 9.08. The van der Waals surface area contributed by atoms with E-state index in [0.717, 1.165) is 26.2 Å². The second kappa shape index (κ2) is 4.69. The minimum atomic E-state index is 0.181. The van der Waals surface area contributed by atoms with Crippen LogP contribution in [0.1, 0.15) is 11.1 Å². The number of nitriles is 2. The average molecular weight is 228 g/mol. The first-order chi connectivity index (χ1) is 8.26. The molecule has 0 saturated carbocycles. The lowest BCUT2D eigenvalue weighted by Gasteiger charge is -2.29. The van der Waals surface area contributed by atoms with Gasteiger partial charge in [-0.25, -0.2) is 4.98 Å². The highest BCUT2D eigenvalue weighted by Gasteiger charge is 2.17. The van der Waals surface area contributed by atoms with Crippen molar-refractivity contribution in [2.75, 3.05) is 36.8 Å². The molecule has 0 spiro atoms. The second-order valence-corrected chi connectivity index (χ2v) is 3.75. The van der Waals surface area contributed by atoms with Crippen molar-refractivity contribution in [1.82, 2.24) is 10.3 Å². The van der Waals surface area contributed by atoms with Gasteiger partial charge in [-0.1, -0.05) is 0 Å². The molecule has 1 aromatic heterocycles. The number of nitrogens with one attached hydrogen (secondary N) is 1. The standard InChI is InChI=1S/C11H12N6/c12-6-8-5-9(7-13)11(16-10(8)14)17-3-1-15-2-4-17/h5,15H,1-4H2,(H2,14,16). The number of aromatic nitrogens is 1. The number of pyridine rings is 1. The van der Waals surface area contributed by atoms with Crippen molar-refractivity contribution in [3.8, 4) is 12.1 Å². The molecule has 0 aromatic carbocycles. The van der Waals surface area contributed by atoms with Crippen LogP contribution in [0.25, 0.3) is 0 Å². The maximum atomic E-state index is 9.08. The topological polar surface area (TPSA) is 102 Å². The summed E-state index contributed by atoms with van der Waals surface area (Å²) < 4.78 is 0. The predicted molar refractivity (Wildman–Crippen MR) is 63.2 cm³/mol. The Labute approximate surface area is 99.3 Å². The zero-order chi connectivity index (χ0) is 12.3. The van der Waals surface area contributed by atoms with E-state index >= 15 is 0 Å². The first kappa shape index (κ1) is 11.2. The lowest BCUT2D eigenvalue weighted by molar-refractivity contribution is 0.585. The number of piperazine rings is 1. The Kier molecular flexibility index (Phi) is 3.08. The van der Waals surface area contributed by atoms with E-state index in [1.165, 1.54) is 6.07 Å². The molecule has 17 heavy (non-hydrogen) atoms. The van der Waals surface area contributed by atoms with Crippen LogP contribution in [0.4, 0.5) is 11.6 Å². The Morgan fingerprint density at radius 2 is 1.88 bits per heavy atom. The molecule has 0 bridgehead atoms. The van der Waals surface area contributed by atoms with Gasteiger partial charge in [-0.05, 0) is 6.07 Å². The fraction of sp³-hybridized carbons (Fsp3) is 0.364. The number of hydrogen-bond acceptors (Lipinski definition) is 6. The third-order valence-corrected chi connectivity index (χ3v) is 2.69. The van der Waals surface area contributed by atoms with Gasteiger partial charge in [-0.2, -0.15) is 10.5 Å². The van der Waals surface area contributed by atoms with E-state index in [-0.39, 0.29) is 11.4 Å². The van der Waals surface area contributed by atoms with E-state index in [4.69, 9.17) is 16.3 Å². The van der Waals surface area contributed by atoms with Crippen LogP contribution in [0.2, 0.25) is 0 Å². The zero-order valence-electron chi connectivity index (χ0n) is 9.27. The van der Waals surface area contributed by atoms with Crippen molar-refractivity contribution in [3.05, 3.63) is 17.2 Å². The molecular formula is C11H12N6. The molecule has 6 nitrogen and oxygen atoms in total. The van der Waals surface area contributed by atoms with Gasteiger partial charge >= 0.3 is 0 Å². The van der Waals surface area contributed by atoms with Gasteiger partial charge < -0.3 is 16.0 Å². The van der Waals surface area contributed by atoms with Crippen molar-refractivity contribution < 1.29 is 0 Å². The lowest BCUT2D eigenvalue weighted by Crippen LogP contribution is -2.44. The Hall–Kier alpha value is -2.31. The maximum Gasteiger partial charge on any atom is 0.149 e. The third kappa shape index (κ3) is 2.12. The van der Waals surface area contributed by atoms with E-state index in [9.17, 15) is 0 Å². The fourth-order valence-corrected chi connectivity index (χ4v) is 1.81. The predicted octanol–water partition coefficient (Wildman–Crippen LogP) is -0.183. The smallest absolute Gasteiger partial charge is 0.149 e. The van der Waals surface area contributed by atoms with Crippen LogP contribution >= 0.6 is 0 Å². The van der Waals surface area contributed by atoms with E-state index in [1.54, 1.807) is 0 Å². The molecule has 1 aromatic rings. The molecule has 2 heterocycles. The second-order valence-electron chi connectivity index (χ2n) is 3.75. The van der Waals surface area contributed by atoms with Gasteiger partial charge in [0.2, 0.25) is 0 Å². The highest BCUT2D eigenvalue weighted by atomic mass is 15.2. The largest absolute Gasteiger partial charge is 0.383 e. The summed E-state index contributed by atoms with van der Waals surface area (Å²) in [6.45, 7) is 3.28.